The summed E-state index contributed by atoms with van der Waals surface area (Å²) >= 11 is 1.37. The van der Waals surface area contributed by atoms with Crippen molar-refractivity contribution in [3.05, 3.63) is 59.1 Å². The molecule has 25 heavy (non-hydrogen) atoms. The highest BCUT2D eigenvalue weighted by molar-refractivity contribution is 7.17. The smallest absolute Gasteiger partial charge is 0.267 e. The molecule has 5 nitrogen and oxygen atoms in total. The first-order chi connectivity index (χ1) is 12.1. The van der Waals surface area contributed by atoms with Gasteiger partial charge in [0.1, 0.15) is 21.4 Å². The molecule has 0 bridgehead atoms. The minimum atomic E-state index is -0.201. The van der Waals surface area contributed by atoms with Crippen LogP contribution in [0.25, 0.3) is 10.6 Å². The maximum Gasteiger partial charge on any atom is 0.267 e. The number of nitrogens with one attached hydrogen (secondary N) is 1. The molecule has 3 aromatic rings. The van der Waals surface area contributed by atoms with E-state index in [1.54, 1.807) is 32.4 Å². The second-order valence-corrected chi connectivity index (χ2v) is 6.35. The zero-order chi connectivity index (χ0) is 17.8. The van der Waals surface area contributed by atoms with Crippen molar-refractivity contribution in [2.24, 2.45) is 0 Å². The lowest BCUT2D eigenvalue weighted by molar-refractivity contribution is 0.103. The van der Waals surface area contributed by atoms with E-state index in [1.807, 2.05) is 37.3 Å². The molecule has 128 valence electrons. The van der Waals surface area contributed by atoms with Crippen LogP contribution in [-0.4, -0.2) is 25.1 Å². The minimum absolute atomic E-state index is 0.201. The van der Waals surface area contributed by atoms with Crippen LogP contribution in [0.2, 0.25) is 0 Å². The number of hydrogen-bond donors (Lipinski definition) is 1. The Kier molecular flexibility index (Phi) is 5.00. The third kappa shape index (κ3) is 3.80. The maximum atomic E-state index is 12.7. The molecule has 1 N–H and O–H groups in total. The predicted octanol–water partition coefficient (Wildman–Crippen LogP) is 4.39. The summed E-state index contributed by atoms with van der Waals surface area (Å²) in [7, 11) is 3.14. The molecular formula is C19H18N2O3S. The van der Waals surface area contributed by atoms with Crippen LogP contribution >= 0.6 is 11.3 Å². The van der Waals surface area contributed by atoms with Crippen molar-refractivity contribution in [2.45, 2.75) is 6.92 Å². The van der Waals surface area contributed by atoms with Gasteiger partial charge < -0.3 is 14.8 Å². The van der Waals surface area contributed by atoms with E-state index in [0.29, 0.717) is 27.8 Å². The first-order valence-electron chi connectivity index (χ1n) is 7.68. The Morgan fingerprint density at radius 1 is 1.04 bits per heavy atom. The molecule has 0 aliphatic rings. The van der Waals surface area contributed by atoms with Crippen LogP contribution in [0.1, 0.15) is 15.4 Å². The van der Waals surface area contributed by atoms with Crippen LogP contribution < -0.4 is 14.8 Å². The summed E-state index contributed by atoms with van der Waals surface area (Å²) in [5, 5.41) is 3.71. The number of ether oxygens (including phenoxy) is 2. The van der Waals surface area contributed by atoms with Gasteiger partial charge in [0.2, 0.25) is 0 Å². The lowest BCUT2D eigenvalue weighted by atomic mass is 10.2. The van der Waals surface area contributed by atoms with Crippen LogP contribution in [-0.2, 0) is 0 Å². The van der Waals surface area contributed by atoms with Crippen LogP contribution in [0.5, 0.6) is 11.5 Å². The van der Waals surface area contributed by atoms with Gasteiger partial charge in [0.25, 0.3) is 5.91 Å². The lowest BCUT2D eigenvalue weighted by Crippen LogP contribution is -2.11. The number of carbonyl (C=O) groups excluding carboxylic acids is 1. The van der Waals surface area contributed by atoms with E-state index < -0.39 is 0 Å². The number of methoxy groups -OCH3 is 2. The summed E-state index contributed by atoms with van der Waals surface area (Å²) in [5.41, 5.74) is 2.31. The number of thiazole rings is 1. The van der Waals surface area contributed by atoms with Gasteiger partial charge in [-0.05, 0) is 6.92 Å². The Morgan fingerprint density at radius 2 is 1.68 bits per heavy atom. The molecule has 0 saturated carbocycles. The fraction of sp³-hybridized carbons (Fsp3) is 0.158. The van der Waals surface area contributed by atoms with Gasteiger partial charge >= 0.3 is 0 Å². The molecule has 3 rings (SSSR count). The van der Waals surface area contributed by atoms with Crippen molar-refractivity contribution < 1.29 is 14.3 Å². The van der Waals surface area contributed by atoms with Gasteiger partial charge in [-0.2, -0.15) is 0 Å². The molecule has 0 aliphatic heterocycles. The number of anilines is 1. The Bertz CT molecular complexity index is 869. The summed E-state index contributed by atoms with van der Waals surface area (Å²) < 4.78 is 10.5. The van der Waals surface area contributed by atoms with Crippen LogP contribution in [0, 0.1) is 6.92 Å². The zero-order valence-electron chi connectivity index (χ0n) is 14.2. The van der Waals surface area contributed by atoms with Gasteiger partial charge in [0.15, 0.2) is 0 Å². The van der Waals surface area contributed by atoms with Crippen molar-refractivity contribution >= 4 is 22.9 Å². The molecule has 0 fully saturated rings. The molecule has 0 spiro atoms. The number of hydrogen-bond acceptors (Lipinski definition) is 5. The molecular weight excluding hydrogens is 336 g/mol. The quantitative estimate of drug-likeness (QED) is 0.738. The number of benzene rings is 2. The number of rotatable bonds is 5. The molecule has 0 unspecified atom stereocenters. The van der Waals surface area contributed by atoms with Gasteiger partial charge in [0.05, 0.1) is 19.9 Å². The summed E-state index contributed by atoms with van der Waals surface area (Å²) in [6, 6.07) is 15.1. The molecule has 1 aromatic heterocycles. The monoisotopic (exact) mass is 354 g/mol. The molecule has 0 saturated heterocycles. The second kappa shape index (κ2) is 7.36. The van der Waals surface area contributed by atoms with Crippen molar-refractivity contribution in [1.82, 2.24) is 4.98 Å². The van der Waals surface area contributed by atoms with Crippen molar-refractivity contribution in [3.8, 4) is 22.1 Å². The Morgan fingerprint density at radius 3 is 2.28 bits per heavy atom. The Hall–Kier alpha value is -2.86. The van der Waals surface area contributed by atoms with E-state index in [-0.39, 0.29) is 5.91 Å². The molecule has 0 atom stereocenters. The summed E-state index contributed by atoms with van der Waals surface area (Å²) in [6.45, 7) is 1.84. The second-order valence-electron chi connectivity index (χ2n) is 5.36. The fourth-order valence-electron chi connectivity index (χ4n) is 2.38. The normalized spacial score (nSPS) is 10.4. The van der Waals surface area contributed by atoms with E-state index in [4.69, 9.17) is 9.47 Å². The van der Waals surface area contributed by atoms with E-state index in [1.165, 1.54) is 11.3 Å². The van der Waals surface area contributed by atoms with Crippen LogP contribution in [0.15, 0.2) is 48.5 Å². The third-order valence-electron chi connectivity index (χ3n) is 3.63. The van der Waals surface area contributed by atoms with E-state index in [0.717, 1.165) is 10.6 Å². The zero-order valence-corrected chi connectivity index (χ0v) is 15.0. The first-order valence-corrected chi connectivity index (χ1v) is 8.49. The number of nitrogens with zero attached hydrogens (tertiary/aromatic N) is 1. The summed E-state index contributed by atoms with van der Waals surface area (Å²) in [6.07, 6.45) is 0. The SMILES string of the molecule is COc1cc(NC(=O)c2sc(-c3ccccc3)nc2C)cc(OC)c1. The predicted molar refractivity (Wildman–Crippen MR) is 99.8 cm³/mol. The molecule has 1 heterocycles. The van der Waals surface area contributed by atoms with Crippen molar-refractivity contribution in [1.29, 1.82) is 0 Å². The number of carbonyl (C=O) groups is 1. The number of aromatic nitrogens is 1. The minimum Gasteiger partial charge on any atom is -0.497 e. The van der Waals surface area contributed by atoms with Crippen LogP contribution in [0.4, 0.5) is 5.69 Å². The highest BCUT2D eigenvalue weighted by Crippen LogP contribution is 2.30. The van der Waals surface area contributed by atoms with Gasteiger partial charge in [-0.1, -0.05) is 30.3 Å². The Balaban J connectivity index is 1.86. The highest BCUT2D eigenvalue weighted by Gasteiger charge is 2.17. The summed E-state index contributed by atoms with van der Waals surface area (Å²) in [5.74, 6) is 1.02. The molecule has 2 aromatic carbocycles. The third-order valence-corrected chi connectivity index (χ3v) is 4.84. The van der Waals surface area contributed by atoms with Crippen LogP contribution in [0.3, 0.4) is 0 Å². The Labute approximate surface area is 150 Å². The van der Waals surface area contributed by atoms with Gasteiger partial charge in [0, 0.05) is 29.4 Å². The van der Waals surface area contributed by atoms with E-state index in [2.05, 4.69) is 10.3 Å². The standard InChI is InChI=1S/C19H18N2O3S/c1-12-17(25-19(20-12)13-7-5-4-6-8-13)18(22)21-14-9-15(23-2)11-16(10-14)24-3/h4-11H,1-3H3,(H,21,22). The average Bonchev–Trinajstić information content (AvgIpc) is 3.04. The molecule has 0 aliphatic carbocycles. The summed E-state index contributed by atoms with van der Waals surface area (Å²) in [4.78, 5) is 17.8. The molecule has 6 heteroatoms. The average molecular weight is 354 g/mol. The van der Waals surface area contributed by atoms with Crippen molar-refractivity contribution in [2.75, 3.05) is 19.5 Å². The van der Waals surface area contributed by atoms with E-state index in [9.17, 15) is 4.79 Å². The lowest BCUT2D eigenvalue weighted by Gasteiger charge is -2.09. The van der Waals surface area contributed by atoms with E-state index >= 15 is 0 Å². The molecule has 1 amide bonds. The number of amides is 1. The topological polar surface area (TPSA) is 60.5 Å². The maximum absolute atomic E-state index is 12.7. The van der Waals surface area contributed by atoms with Crippen molar-refractivity contribution in [3.63, 3.8) is 0 Å². The molecule has 0 radical (unpaired) electrons. The fourth-order valence-corrected chi connectivity index (χ4v) is 3.35. The van der Waals surface area contributed by atoms with Gasteiger partial charge in [-0.15, -0.1) is 11.3 Å². The largest absolute Gasteiger partial charge is 0.497 e. The highest BCUT2D eigenvalue weighted by atomic mass is 32.1. The van der Waals surface area contributed by atoms with Gasteiger partial charge in [-0.3, -0.25) is 4.79 Å². The first kappa shape index (κ1) is 17.0. The number of aryl methyl sites for hydroxylation is 1. The van der Waals surface area contributed by atoms with Gasteiger partial charge in [-0.25, -0.2) is 4.98 Å².